The monoisotopic (exact) mass is 429 g/mol. The van der Waals surface area contributed by atoms with Crippen molar-refractivity contribution in [2.45, 2.75) is 13.8 Å². The number of nitrogens with one attached hydrogen (secondary N) is 1. The Morgan fingerprint density at radius 1 is 1.00 bits per heavy atom. The fourth-order valence-electron chi connectivity index (χ4n) is 3.31. The normalized spacial score (nSPS) is 10.6. The summed E-state index contributed by atoms with van der Waals surface area (Å²) in [5.41, 5.74) is 4.17. The number of amides is 1. The molecule has 0 aliphatic carbocycles. The third-order valence-electron chi connectivity index (χ3n) is 4.98. The summed E-state index contributed by atoms with van der Waals surface area (Å²) in [6.07, 6.45) is 0. The Kier molecular flexibility index (Phi) is 6.17. The summed E-state index contributed by atoms with van der Waals surface area (Å²) in [6.45, 7) is 3.75. The number of nitrogens with zero attached hydrogens (tertiary/aromatic N) is 2. The summed E-state index contributed by atoms with van der Waals surface area (Å²) in [7, 11) is 1.60. The number of para-hydroxylation sites is 2. The van der Waals surface area contributed by atoms with Gasteiger partial charge >= 0.3 is 0 Å². The van der Waals surface area contributed by atoms with Crippen molar-refractivity contribution < 1.29 is 18.8 Å². The Labute approximate surface area is 186 Å². The van der Waals surface area contributed by atoms with Crippen LogP contribution in [0.25, 0.3) is 22.8 Å². The molecule has 0 fully saturated rings. The van der Waals surface area contributed by atoms with Crippen molar-refractivity contribution in [1.29, 1.82) is 0 Å². The number of ether oxygens (including phenoxy) is 2. The van der Waals surface area contributed by atoms with E-state index in [2.05, 4.69) is 15.5 Å². The molecule has 0 atom stereocenters. The summed E-state index contributed by atoms with van der Waals surface area (Å²) >= 11 is 0. The molecule has 7 heteroatoms. The van der Waals surface area contributed by atoms with Gasteiger partial charge in [-0.05, 0) is 49.2 Å². The van der Waals surface area contributed by atoms with E-state index in [9.17, 15) is 4.79 Å². The quantitative estimate of drug-likeness (QED) is 0.443. The number of benzene rings is 3. The van der Waals surface area contributed by atoms with Crippen molar-refractivity contribution in [1.82, 2.24) is 10.1 Å². The SMILES string of the molecule is COc1cccc(-c2noc(-c3ccccc3OCC(=O)Nc3c(C)cccc3C)n2)c1. The van der Waals surface area contributed by atoms with Crippen LogP contribution in [0.3, 0.4) is 0 Å². The molecule has 0 aliphatic rings. The average Bonchev–Trinajstić information content (AvgIpc) is 3.31. The molecule has 1 amide bonds. The number of hydrogen-bond acceptors (Lipinski definition) is 6. The van der Waals surface area contributed by atoms with Gasteiger partial charge in [-0.15, -0.1) is 0 Å². The smallest absolute Gasteiger partial charge is 0.262 e. The molecule has 4 aromatic rings. The lowest BCUT2D eigenvalue weighted by molar-refractivity contribution is -0.118. The predicted octanol–water partition coefficient (Wildman–Crippen LogP) is 5.05. The Balaban J connectivity index is 1.50. The number of carbonyl (C=O) groups is 1. The maximum atomic E-state index is 12.5. The van der Waals surface area contributed by atoms with Gasteiger partial charge in [0.15, 0.2) is 6.61 Å². The van der Waals surface area contributed by atoms with Gasteiger partial charge in [0.2, 0.25) is 5.82 Å². The third kappa shape index (κ3) is 4.62. The molecule has 7 nitrogen and oxygen atoms in total. The molecule has 1 heterocycles. The second-order valence-electron chi connectivity index (χ2n) is 7.25. The first-order chi connectivity index (χ1) is 15.5. The molecule has 1 aromatic heterocycles. The van der Waals surface area contributed by atoms with Crippen LogP contribution in [0.15, 0.2) is 71.3 Å². The molecule has 0 bridgehead atoms. The van der Waals surface area contributed by atoms with E-state index in [4.69, 9.17) is 14.0 Å². The van der Waals surface area contributed by atoms with Gasteiger partial charge in [0.25, 0.3) is 11.8 Å². The van der Waals surface area contributed by atoms with Gasteiger partial charge in [-0.25, -0.2) is 0 Å². The highest BCUT2D eigenvalue weighted by Crippen LogP contribution is 2.31. The molecule has 4 rings (SSSR count). The molecule has 1 N–H and O–H groups in total. The van der Waals surface area contributed by atoms with Gasteiger partial charge < -0.3 is 19.3 Å². The fourth-order valence-corrected chi connectivity index (χ4v) is 3.31. The Morgan fingerprint density at radius 3 is 2.53 bits per heavy atom. The maximum absolute atomic E-state index is 12.5. The first-order valence-corrected chi connectivity index (χ1v) is 10.1. The van der Waals surface area contributed by atoms with Crippen LogP contribution in [0.5, 0.6) is 11.5 Å². The molecule has 3 aromatic carbocycles. The first kappa shape index (κ1) is 21.1. The molecular formula is C25H23N3O4. The molecule has 0 saturated carbocycles. The zero-order chi connectivity index (χ0) is 22.5. The highest BCUT2D eigenvalue weighted by molar-refractivity contribution is 5.93. The fraction of sp³-hybridized carbons (Fsp3) is 0.160. The molecule has 0 spiro atoms. The molecule has 0 unspecified atom stereocenters. The maximum Gasteiger partial charge on any atom is 0.262 e. The highest BCUT2D eigenvalue weighted by atomic mass is 16.5. The zero-order valence-corrected chi connectivity index (χ0v) is 18.1. The minimum Gasteiger partial charge on any atom is -0.497 e. The van der Waals surface area contributed by atoms with E-state index in [1.807, 2.05) is 74.5 Å². The van der Waals surface area contributed by atoms with E-state index in [1.165, 1.54) is 0 Å². The summed E-state index contributed by atoms with van der Waals surface area (Å²) in [4.78, 5) is 17.0. The number of aromatic nitrogens is 2. The number of aryl methyl sites for hydroxylation is 2. The van der Waals surface area contributed by atoms with Gasteiger partial charge in [0.05, 0.1) is 12.7 Å². The third-order valence-corrected chi connectivity index (χ3v) is 4.98. The van der Waals surface area contributed by atoms with Crippen molar-refractivity contribution in [2.24, 2.45) is 0 Å². The Morgan fingerprint density at radius 2 is 1.75 bits per heavy atom. The number of rotatable bonds is 7. The average molecular weight is 429 g/mol. The van der Waals surface area contributed by atoms with Crippen LogP contribution in [0.4, 0.5) is 5.69 Å². The molecular weight excluding hydrogens is 406 g/mol. The van der Waals surface area contributed by atoms with Gasteiger partial charge in [0.1, 0.15) is 11.5 Å². The first-order valence-electron chi connectivity index (χ1n) is 10.1. The lowest BCUT2D eigenvalue weighted by Gasteiger charge is -2.13. The van der Waals surface area contributed by atoms with Crippen LogP contribution >= 0.6 is 0 Å². The van der Waals surface area contributed by atoms with Gasteiger partial charge in [-0.2, -0.15) is 4.98 Å². The lowest BCUT2D eigenvalue weighted by Crippen LogP contribution is -2.21. The second kappa shape index (κ2) is 9.34. The minimum absolute atomic E-state index is 0.151. The summed E-state index contributed by atoms with van der Waals surface area (Å²) < 4.78 is 16.5. The van der Waals surface area contributed by atoms with Crippen molar-refractivity contribution in [3.05, 3.63) is 77.9 Å². The van der Waals surface area contributed by atoms with E-state index >= 15 is 0 Å². The van der Waals surface area contributed by atoms with E-state index in [-0.39, 0.29) is 12.5 Å². The highest BCUT2D eigenvalue weighted by Gasteiger charge is 2.16. The van der Waals surface area contributed by atoms with Gasteiger partial charge in [-0.3, -0.25) is 4.79 Å². The van der Waals surface area contributed by atoms with Crippen LogP contribution < -0.4 is 14.8 Å². The Bertz CT molecular complexity index is 1230. The summed E-state index contributed by atoms with van der Waals surface area (Å²) in [5.74, 6) is 1.66. The standard InChI is InChI=1S/C25H23N3O4/c1-16-8-6-9-17(2)23(16)26-22(29)15-31-21-13-5-4-12-20(21)25-27-24(28-32-25)18-10-7-11-19(14-18)30-3/h4-14H,15H2,1-3H3,(H,26,29). The lowest BCUT2D eigenvalue weighted by atomic mass is 10.1. The molecule has 0 aliphatic heterocycles. The van der Waals surface area contributed by atoms with Crippen LogP contribution in [0.2, 0.25) is 0 Å². The van der Waals surface area contributed by atoms with E-state index < -0.39 is 0 Å². The van der Waals surface area contributed by atoms with E-state index in [1.54, 1.807) is 13.2 Å². The number of hydrogen-bond donors (Lipinski definition) is 1. The van der Waals surface area contributed by atoms with Crippen molar-refractivity contribution in [3.63, 3.8) is 0 Å². The van der Waals surface area contributed by atoms with Crippen LogP contribution in [-0.4, -0.2) is 29.8 Å². The summed E-state index contributed by atoms with van der Waals surface area (Å²) in [6, 6.07) is 20.5. The number of methoxy groups -OCH3 is 1. The minimum atomic E-state index is -0.250. The Hall–Kier alpha value is -4.13. The van der Waals surface area contributed by atoms with Gasteiger partial charge in [0, 0.05) is 11.3 Å². The molecule has 162 valence electrons. The second-order valence-corrected chi connectivity index (χ2v) is 7.25. The van der Waals surface area contributed by atoms with Gasteiger partial charge in [-0.1, -0.05) is 47.6 Å². The predicted molar refractivity (Wildman–Crippen MR) is 122 cm³/mol. The van der Waals surface area contributed by atoms with Crippen molar-refractivity contribution in [2.75, 3.05) is 19.0 Å². The zero-order valence-electron chi connectivity index (χ0n) is 18.1. The molecule has 0 saturated heterocycles. The number of anilines is 1. The van der Waals surface area contributed by atoms with Crippen LogP contribution in [-0.2, 0) is 4.79 Å². The largest absolute Gasteiger partial charge is 0.497 e. The van der Waals surface area contributed by atoms with Crippen LogP contribution in [0, 0.1) is 13.8 Å². The van der Waals surface area contributed by atoms with E-state index in [0.29, 0.717) is 28.8 Å². The van der Waals surface area contributed by atoms with Crippen molar-refractivity contribution in [3.8, 4) is 34.3 Å². The molecule has 32 heavy (non-hydrogen) atoms. The molecule has 0 radical (unpaired) electrons. The topological polar surface area (TPSA) is 86.5 Å². The van der Waals surface area contributed by atoms with E-state index in [0.717, 1.165) is 22.4 Å². The van der Waals surface area contributed by atoms with Crippen LogP contribution in [0.1, 0.15) is 11.1 Å². The van der Waals surface area contributed by atoms with Crippen molar-refractivity contribution >= 4 is 11.6 Å². The number of carbonyl (C=O) groups excluding carboxylic acids is 1. The summed E-state index contributed by atoms with van der Waals surface area (Å²) in [5, 5.41) is 6.99.